The van der Waals surface area contributed by atoms with Crippen LogP contribution in [-0.2, 0) is 14.3 Å². The Kier molecular flexibility index (Phi) is 3.02. The Morgan fingerprint density at radius 1 is 1.75 bits per heavy atom. The molecule has 1 saturated heterocycles. The van der Waals surface area contributed by atoms with Crippen molar-refractivity contribution in [3.05, 3.63) is 0 Å². The maximum Gasteiger partial charge on any atom is 0.323 e. The fraction of sp³-hybridized carbons (Fsp3) is 0.857. The minimum atomic E-state index is -0.785. The molecule has 0 saturated carbocycles. The Bertz CT molecular complexity index is 173. The molecule has 12 heavy (non-hydrogen) atoms. The lowest BCUT2D eigenvalue weighted by atomic mass is 9.98. The van der Waals surface area contributed by atoms with Crippen molar-refractivity contribution in [2.75, 3.05) is 20.3 Å². The van der Waals surface area contributed by atoms with Crippen LogP contribution in [0.1, 0.15) is 0 Å². The van der Waals surface area contributed by atoms with Crippen LogP contribution < -0.4 is 5.73 Å². The molecule has 0 spiro atoms. The Hall–Kier alpha value is -0.650. The molecule has 3 unspecified atom stereocenters. The van der Waals surface area contributed by atoms with E-state index in [-0.39, 0.29) is 12.5 Å². The molecule has 0 aromatic heterocycles. The van der Waals surface area contributed by atoms with Gasteiger partial charge in [-0.05, 0) is 0 Å². The summed E-state index contributed by atoms with van der Waals surface area (Å²) in [6.07, 6.45) is -0.654. The number of carbonyl (C=O) groups is 1. The maximum absolute atomic E-state index is 10.9. The molecule has 3 atom stereocenters. The minimum Gasteiger partial charge on any atom is -0.468 e. The summed E-state index contributed by atoms with van der Waals surface area (Å²) >= 11 is 0. The van der Waals surface area contributed by atoms with Crippen LogP contribution in [0.4, 0.5) is 0 Å². The van der Waals surface area contributed by atoms with Gasteiger partial charge in [-0.3, -0.25) is 4.79 Å². The maximum atomic E-state index is 10.9. The smallest absolute Gasteiger partial charge is 0.323 e. The average Bonchev–Trinajstić information content (AvgIpc) is 2.48. The number of ether oxygens (including phenoxy) is 2. The number of aliphatic hydroxyl groups is 1. The summed E-state index contributed by atoms with van der Waals surface area (Å²) in [5, 5.41) is 9.29. The number of aliphatic hydroxyl groups excluding tert-OH is 1. The van der Waals surface area contributed by atoms with Gasteiger partial charge in [0.1, 0.15) is 6.04 Å². The average molecular weight is 175 g/mol. The first kappa shape index (κ1) is 9.44. The van der Waals surface area contributed by atoms with Crippen LogP contribution in [0.2, 0.25) is 0 Å². The summed E-state index contributed by atoms with van der Waals surface area (Å²) in [6.45, 7) is 0.562. The zero-order valence-corrected chi connectivity index (χ0v) is 6.90. The molecule has 70 valence electrons. The highest BCUT2D eigenvalue weighted by Crippen LogP contribution is 2.16. The van der Waals surface area contributed by atoms with E-state index in [2.05, 4.69) is 4.74 Å². The first-order valence-electron chi connectivity index (χ1n) is 3.76. The molecule has 0 amide bonds. The molecule has 3 N–H and O–H groups in total. The molecule has 5 nitrogen and oxygen atoms in total. The molecule has 5 heteroatoms. The molecular formula is C7H13NO4. The lowest BCUT2D eigenvalue weighted by Crippen LogP contribution is -2.43. The first-order valence-corrected chi connectivity index (χ1v) is 3.76. The van der Waals surface area contributed by atoms with Crippen LogP contribution in [0.5, 0.6) is 0 Å². The van der Waals surface area contributed by atoms with Crippen molar-refractivity contribution in [3.63, 3.8) is 0 Å². The van der Waals surface area contributed by atoms with Gasteiger partial charge in [-0.15, -0.1) is 0 Å². The van der Waals surface area contributed by atoms with Gasteiger partial charge in [0.2, 0.25) is 0 Å². The van der Waals surface area contributed by atoms with Crippen molar-refractivity contribution in [1.29, 1.82) is 0 Å². The van der Waals surface area contributed by atoms with Crippen LogP contribution in [0.25, 0.3) is 0 Å². The van der Waals surface area contributed by atoms with Crippen LogP contribution in [-0.4, -0.2) is 43.5 Å². The molecule has 1 aliphatic heterocycles. The Morgan fingerprint density at radius 2 is 2.42 bits per heavy atom. The number of methoxy groups -OCH3 is 1. The van der Waals surface area contributed by atoms with Crippen LogP contribution in [0, 0.1) is 5.92 Å². The quantitative estimate of drug-likeness (QED) is 0.499. The SMILES string of the molecule is COC(=O)C(N)C1COCC1O. The van der Waals surface area contributed by atoms with Crippen molar-refractivity contribution in [2.24, 2.45) is 11.7 Å². The monoisotopic (exact) mass is 175 g/mol. The topological polar surface area (TPSA) is 81.8 Å². The van der Waals surface area contributed by atoms with Crippen molar-refractivity contribution in [3.8, 4) is 0 Å². The van der Waals surface area contributed by atoms with E-state index >= 15 is 0 Å². The second-order valence-corrected chi connectivity index (χ2v) is 2.82. The second-order valence-electron chi connectivity index (χ2n) is 2.82. The van der Waals surface area contributed by atoms with Gasteiger partial charge in [0.15, 0.2) is 0 Å². The van der Waals surface area contributed by atoms with Crippen molar-refractivity contribution < 1.29 is 19.4 Å². The predicted molar refractivity (Wildman–Crippen MR) is 40.3 cm³/mol. The van der Waals surface area contributed by atoms with Crippen LogP contribution in [0.15, 0.2) is 0 Å². The third-order valence-electron chi connectivity index (χ3n) is 2.03. The molecule has 1 aliphatic rings. The highest BCUT2D eigenvalue weighted by Gasteiger charge is 2.35. The fourth-order valence-corrected chi connectivity index (χ4v) is 1.21. The van der Waals surface area contributed by atoms with Gasteiger partial charge >= 0.3 is 5.97 Å². The number of hydrogen-bond donors (Lipinski definition) is 2. The zero-order valence-electron chi connectivity index (χ0n) is 6.90. The van der Waals surface area contributed by atoms with Crippen molar-refractivity contribution >= 4 is 5.97 Å². The van der Waals surface area contributed by atoms with E-state index in [1.54, 1.807) is 0 Å². The van der Waals surface area contributed by atoms with E-state index in [0.29, 0.717) is 6.61 Å². The highest BCUT2D eigenvalue weighted by atomic mass is 16.5. The van der Waals surface area contributed by atoms with Crippen molar-refractivity contribution in [2.45, 2.75) is 12.1 Å². The number of esters is 1. The molecule has 0 aromatic carbocycles. The second kappa shape index (κ2) is 3.84. The lowest BCUT2D eigenvalue weighted by Gasteiger charge is -2.17. The largest absolute Gasteiger partial charge is 0.468 e. The molecular weight excluding hydrogens is 162 g/mol. The van der Waals surface area contributed by atoms with E-state index in [0.717, 1.165) is 0 Å². The van der Waals surface area contributed by atoms with Crippen LogP contribution >= 0.6 is 0 Å². The third kappa shape index (κ3) is 1.74. The van der Waals surface area contributed by atoms with Gasteiger partial charge in [-0.2, -0.15) is 0 Å². The molecule has 0 radical (unpaired) electrons. The Balaban J connectivity index is 2.51. The zero-order chi connectivity index (χ0) is 9.14. The summed E-state index contributed by atoms with van der Waals surface area (Å²) in [5.74, 6) is -0.845. The van der Waals surface area contributed by atoms with Gasteiger partial charge in [0.05, 0.1) is 26.4 Å². The van der Waals surface area contributed by atoms with E-state index < -0.39 is 18.1 Å². The van der Waals surface area contributed by atoms with Gasteiger partial charge in [0.25, 0.3) is 0 Å². The third-order valence-corrected chi connectivity index (χ3v) is 2.03. The predicted octanol–water partition coefficient (Wildman–Crippen LogP) is -1.51. The number of nitrogens with two attached hydrogens (primary N) is 1. The minimum absolute atomic E-state index is 0.245. The normalized spacial score (nSPS) is 31.6. The highest BCUT2D eigenvalue weighted by molar-refractivity contribution is 5.75. The van der Waals surface area contributed by atoms with Crippen LogP contribution in [0.3, 0.4) is 0 Å². The first-order chi connectivity index (χ1) is 5.66. The number of rotatable bonds is 2. The van der Waals surface area contributed by atoms with E-state index in [4.69, 9.17) is 10.5 Å². The van der Waals surface area contributed by atoms with E-state index in [1.807, 2.05) is 0 Å². The molecule has 0 bridgehead atoms. The van der Waals surface area contributed by atoms with E-state index in [9.17, 15) is 9.90 Å². The molecule has 1 heterocycles. The fourth-order valence-electron chi connectivity index (χ4n) is 1.21. The Labute approximate surface area is 70.4 Å². The lowest BCUT2D eigenvalue weighted by molar-refractivity contribution is -0.144. The Morgan fingerprint density at radius 3 is 2.83 bits per heavy atom. The summed E-state index contributed by atoms with van der Waals surface area (Å²) in [4.78, 5) is 10.9. The summed E-state index contributed by atoms with van der Waals surface area (Å²) < 4.78 is 9.39. The van der Waals surface area contributed by atoms with Gasteiger partial charge in [-0.25, -0.2) is 0 Å². The van der Waals surface area contributed by atoms with Gasteiger partial charge in [0, 0.05) is 5.92 Å². The molecule has 1 rings (SSSR count). The van der Waals surface area contributed by atoms with E-state index in [1.165, 1.54) is 7.11 Å². The number of carbonyl (C=O) groups excluding carboxylic acids is 1. The molecule has 0 aliphatic carbocycles. The van der Waals surface area contributed by atoms with Crippen molar-refractivity contribution in [1.82, 2.24) is 0 Å². The summed E-state index contributed by atoms with van der Waals surface area (Å²) in [6, 6.07) is -0.785. The van der Waals surface area contributed by atoms with Gasteiger partial charge < -0.3 is 20.3 Å². The molecule has 1 fully saturated rings. The van der Waals surface area contributed by atoms with Gasteiger partial charge in [-0.1, -0.05) is 0 Å². The number of hydrogen-bond acceptors (Lipinski definition) is 5. The standard InChI is InChI=1S/C7H13NO4/c1-11-7(10)6(8)4-2-12-3-5(4)9/h4-6,9H,2-3,8H2,1H3. The molecule has 0 aromatic rings. The summed E-state index contributed by atoms with van der Waals surface area (Å²) in [5.41, 5.74) is 5.51. The summed E-state index contributed by atoms with van der Waals surface area (Å²) in [7, 11) is 1.27.